The van der Waals surface area contributed by atoms with Gasteiger partial charge in [-0.2, -0.15) is 5.10 Å². The van der Waals surface area contributed by atoms with Crippen LogP contribution in [0.25, 0.3) is 22.3 Å². The zero-order chi connectivity index (χ0) is 41.0. The van der Waals surface area contributed by atoms with Crippen LogP contribution in [0.3, 0.4) is 0 Å². The molecule has 2 aromatic heterocycles. The van der Waals surface area contributed by atoms with Gasteiger partial charge in [-0.1, -0.05) is 56.3 Å². The summed E-state index contributed by atoms with van der Waals surface area (Å²) in [7, 11) is -1.83. The number of aryl methyl sites for hydroxylation is 1. The third-order valence-corrected chi connectivity index (χ3v) is 13.7. The van der Waals surface area contributed by atoms with Gasteiger partial charge in [0.1, 0.15) is 18.2 Å². The first-order chi connectivity index (χ1) is 26.3. The monoisotopic (exact) mass is 874 g/mol. The minimum Gasteiger partial charge on any atom is -0.462 e. The number of hydrogen-bond acceptors (Lipinski definition) is 10. The minimum atomic E-state index is -3.49. The molecule has 3 aromatic carbocycles. The van der Waals surface area contributed by atoms with Crippen molar-refractivity contribution in [3.05, 3.63) is 93.9 Å². The van der Waals surface area contributed by atoms with Crippen LogP contribution >= 0.6 is 27.7 Å². The van der Waals surface area contributed by atoms with E-state index < -0.39 is 57.0 Å². The summed E-state index contributed by atoms with van der Waals surface area (Å²) in [5.74, 6) is -1.94. The number of hydrogen-bond donors (Lipinski definition) is 2. The van der Waals surface area contributed by atoms with Crippen molar-refractivity contribution < 1.29 is 41.4 Å². The molecule has 0 saturated heterocycles. The highest BCUT2D eigenvalue weighted by molar-refractivity contribution is 9.10. The maximum Gasteiger partial charge on any atom is 0.303 e. The van der Waals surface area contributed by atoms with Crippen LogP contribution in [0.5, 0.6) is 0 Å². The lowest BCUT2D eigenvalue weighted by Crippen LogP contribution is -2.29. The van der Waals surface area contributed by atoms with E-state index >= 15 is 8.78 Å². The van der Waals surface area contributed by atoms with Gasteiger partial charge in [-0.25, -0.2) is 26.9 Å². The third-order valence-electron chi connectivity index (χ3n) is 9.54. The smallest absolute Gasteiger partial charge is 0.303 e. The molecular formula is C40H45BrF2N4O7S2. The van der Waals surface area contributed by atoms with Gasteiger partial charge in [0.2, 0.25) is 0 Å². The molecular weight excluding hydrogens is 830 g/mol. The second-order valence-electron chi connectivity index (χ2n) is 14.8. The highest BCUT2D eigenvalue weighted by Gasteiger charge is 2.36. The van der Waals surface area contributed by atoms with Crippen LogP contribution in [0.4, 0.5) is 8.78 Å². The molecule has 0 aliphatic carbocycles. The summed E-state index contributed by atoms with van der Waals surface area (Å²) >= 11 is 4.67. The van der Waals surface area contributed by atoms with Crippen LogP contribution in [-0.2, 0) is 41.4 Å². The maximum atomic E-state index is 15.7. The van der Waals surface area contributed by atoms with E-state index in [1.807, 2.05) is 39.0 Å². The summed E-state index contributed by atoms with van der Waals surface area (Å²) in [6.45, 7) is 7.54. The number of aromatic nitrogens is 4. The first-order valence-electron chi connectivity index (χ1n) is 17.9. The van der Waals surface area contributed by atoms with E-state index in [2.05, 4.69) is 20.9 Å². The van der Waals surface area contributed by atoms with E-state index in [1.54, 1.807) is 37.5 Å². The number of ether oxygens (including phenoxy) is 2. The zero-order valence-corrected chi connectivity index (χ0v) is 35.2. The molecule has 0 saturated carbocycles. The standard InChI is InChI=1S/C40H45BrF2N4O7S2/c1-24(49)53-22-34(54-25(2)50)26-9-7-10-27(19-26)40(5,15-8-14-39(3,4)23-56(51,52)18-17-48)38-45-37(47(6)46-38)30-20-28(11-12-31(30)42)55-36-32(43)21-33-29(35(36)41)13-16-44-33/h7,9-13,16,19-21,34,44,48H,8,14-15,17-18,22-23H2,1-6H3/t34-,40-/m1/s1. The van der Waals surface area contributed by atoms with Crippen molar-refractivity contribution in [3.63, 3.8) is 0 Å². The lowest BCUT2D eigenvalue weighted by molar-refractivity contribution is -0.156. The lowest BCUT2D eigenvalue weighted by Gasteiger charge is -2.31. The Morgan fingerprint density at radius 2 is 1.79 bits per heavy atom. The molecule has 5 aromatic rings. The molecule has 16 heteroatoms. The van der Waals surface area contributed by atoms with Gasteiger partial charge in [-0.3, -0.25) is 9.59 Å². The van der Waals surface area contributed by atoms with Crippen LogP contribution in [0, 0.1) is 17.0 Å². The number of nitrogens with zero attached hydrogens (tertiary/aromatic N) is 3. The number of H-pyrrole nitrogens is 1. The molecule has 56 heavy (non-hydrogen) atoms. The number of halogens is 3. The summed E-state index contributed by atoms with van der Waals surface area (Å²) in [4.78, 5) is 32.6. The number of aliphatic hydroxyl groups is 1. The van der Waals surface area contributed by atoms with Crippen molar-refractivity contribution in [2.24, 2.45) is 12.5 Å². The van der Waals surface area contributed by atoms with E-state index in [-0.39, 0.29) is 29.5 Å². The Morgan fingerprint density at radius 1 is 1.04 bits per heavy atom. The highest BCUT2D eigenvalue weighted by atomic mass is 79.9. The van der Waals surface area contributed by atoms with Crippen molar-refractivity contribution in [2.45, 2.75) is 75.2 Å². The number of nitrogens with one attached hydrogen (secondary N) is 1. The predicted molar refractivity (Wildman–Crippen MR) is 214 cm³/mol. The average molecular weight is 876 g/mol. The molecule has 0 aliphatic heterocycles. The average Bonchev–Trinajstić information content (AvgIpc) is 3.75. The van der Waals surface area contributed by atoms with Gasteiger partial charge in [0, 0.05) is 47.4 Å². The van der Waals surface area contributed by atoms with E-state index in [9.17, 15) is 23.1 Å². The van der Waals surface area contributed by atoms with Crippen LogP contribution < -0.4 is 0 Å². The number of rotatable bonds is 17. The Labute approximate surface area is 337 Å². The van der Waals surface area contributed by atoms with Crippen molar-refractivity contribution in [2.75, 3.05) is 24.7 Å². The lowest BCUT2D eigenvalue weighted by atomic mass is 9.75. The topological polar surface area (TPSA) is 153 Å². The fourth-order valence-electron chi connectivity index (χ4n) is 6.77. The summed E-state index contributed by atoms with van der Waals surface area (Å²) in [6.07, 6.45) is 2.28. The molecule has 2 atom stereocenters. The number of aliphatic hydroxyl groups excluding tert-OH is 1. The summed E-state index contributed by atoms with van der Waals surface area (Å²) in [5.41, 5.74) is 0.507. The molecule has 2 N–H and O–H groups in total. The Morgan fingerprint density at radius 3 is 2.48 bits per heavy atom. The fourth-order valence-corrected chi connectivity index (χ4v) is 10.2. The van der Waals surface area contributed by atoms with E-state index in [4.69, 9.17) is 19.6 Å². The summed E-state index contributed by atoms with van der Waals surface area (Å²) in [5, 5.41) is 14.9. The molecule has 11 nitrogen and oxygen atoms in total. The Balaban J connectivity index is 1.54. The molecule has 5 rings (SSSR count). The highest BCUT2D eigenvalue weighted by Crippen LogP contribution is 2.42. The first-order valence-corrected chi connectivity index (χ1v) is 21.3. The number of sulfone groups is 1. The maximum absolute atomic E-state index is 15.7. The molecule has 0 unspecified atom stereocenters. The normalized spacial score (nSPS) is 13.8. The molecule has 0 fully saturated rings. The second-order valence-corrected chi connectivity index (χ2v) is 18.8. The molecule has 300 valence electrons. The number of carbonyl (C=O) groups excluding carboxylic acids is 2. The van der Waals surface area contributed by atoms with Crippen molar-refractivity contribution in [1.82, 2.24) is 19.7 Å². The van der Waals surface area contributed by atoms with Crippen LogP contribution in [-0.4, -0.2) is 69.9 Å². The molecule has 0 radical (unpaired) electrons. The number of aromatic amines is 1. The van der Waals surface area contributed by atoms with Gasteiger partial charge in [-0.15, -0.1) is 0 Å². The van der Waals surface area contributed by atoms with E-state index in [0.717, 1.165) is 22.7 Å². The Kier molecular flexibility index (Phi) is 13.5. The Bertz CT molecular complexity index is 2350. The number of carbonyl (C=O) groups is 2. The van der Waals surface area contributed by atoms with E-state index in [0.29, 0.717) is 50.4 Å². The van der Waals surface area contributed by atoms with Gasteiger partial charge in [0.05, 0.1) is 34.0 Å². The molecule has 0 bridgehead atoms. The van der Waals surface area contributed by atoms with Gasteiger partial charge in [-0.05, 0) is 82.6 Å². The molecule has 0 aliphatic rings. The number of esters is 2. The zero-order valence-electron chi connectivity index (χ0n) is 32.0. The largest absolute Gasteiger partial charge is 0.462 e. The summed E-state index contributed by atoms with van der Waals surface area (Å²) < 4.78 is 69.0. The van der Waals surface area contributed by atoms with Crippen molar-refractivity contribution in [1.29, 1.82) is 0 Å². The van der Waals surface area contributed by atoms with Gasteiger partial charge in [0.15, 0.2) is 27.6 Å². The van der Waals surface area contributed by atoms with Crippen LogP contribution in [0.2, 0.25) is 0 Å². The van der Waals surface area contributed by atoms with Gasteiger partial charge >= 0.3 is 11.9 Å². The van der Waals surface area contributed by atoms with Crippen molar-refractivity contribution >= 4 is 60.4 Å². The summed E-state index contributed by atoms with van der Waals surface area (Å²) in [6, 6.07) is 15.0. The minimum absolute atomic E-state index is 0.105. The predicted octanol–water partition coefficient (Wildman–Crippen LogP) is 8.23. The number of fused-ring (bicyclic) bond motifs is 1. The third kappa shape index (κ3) is 10.2. The Hall–Kier alpha value is -4.12. The molecule has 0 spiro atoms. The second kappa shape index (κ2) is 17.6. The first kappa shape index (κ1) is 43.0. The molecule has 0 amide bonds. The van der Waals surface area contributed by atoms with Gasteiger partial charge in [0.25, 0.3) is 0 Å². The van der Waals surface area contributed by atoms with Gasteiger partial charge < -0.3 is 19.6 Å². The fraction of sp³-hybridized carbons (Fsp3) is 0.400. The SMILES string of the molecule is CC(=O)OC[C@@H](OC(C)=O)c1cccc([C@@](C)(CCCC(C)(C)CS(=O)(=O)CCO)c2nc(-c3cc(Sc4c(F)cc5[nH]ccc5c4Br)ccc3F)n(C)n2)c1. The number of benzene rings is 3. The quantitative estimate of drug-likeness (QED) is 0.0874. The van der Waals surface area contributed by atoms with Crippen molar-refractivity contribution in [3.8, 4) is 11.4 Å². The van der Waals surface area contributed by atoms with Crippen LogP contribution in [0.15, 0.2) is 75.1 Å². The van der Waals surface area contributed by atoms with Crippen LogP contribution in [0.1, 0.15) is 76.9 Å². The van der Waals surface area contributed by atoms with E-state index in [1.165, 1.54) is 30.7 Å². The molecule has 2 heterocycles.